The lowest BCUT2D eigenvalue weighted by atomic mass is 9.86. The van der Waals surface area contributed by atoms with E-state index < -0.39 is 0 Å². The molecule has 2 aromatic rings. The van der Waals surface area contributed by atoms with Gasteiger partial charge in [-0.25, -0.2) is 4.98 Å². The molecule has 0 N–H and O–H groups in total. The molecule has 0 radical (unpaired) electrons. The molecule has 0 bridgehead atoms. The first-order chi connectivity index (χ1) is 10.6. The molecule has 1 unspecified atom stereocenters. The van der Waals surface area contributed by atoms with Crippen molar-refractivity contribution in [2.24, 2.45) is 0 Å². The molecular formula is C19H25ClN2. The van der Waals surface area contributed by atoms with Gasteiger partial charge in [0.1, 0.15) is 5.82 Å². The van der Waals surface area contributed by atoms with Crippen LogP contribution in [0.5, 0.6) is 0 Å². The molecule has 2 rings (SSSR count). The summed E-state index contributed by atoms with van der Waals surface area (Å²) in [6.45, 7) is 4.51. The van der Waals surface area contributed by atoms with E-state index in [4.69, 9.17) is 11.6 Å². The minimum absolute atomic E-state index is 0.577. The summed E-state index contributed by atoms with van der Waals surface area (Å²) in [4.78, 5) is 6.44. The first-order valence-electron chi connectivity index (χ1n) is 8.00. The number of pyridine rings is 1. The molecule has 0 aliphatic carbocycles. The third kappa shape index (κ3) is 3.80. The van der Waals surface area contributed by atoms with Crippen LogP contribution in [-0.4, -0.2) is 19.1 Å². The van der Waals surface area contributed by atoms with E-state index in [0.717, 1.165) is 17.3 Å². The maximum absolute atomic E-state index is 6.27. The van der Waals surface area contributed by atoms with Gasteiger partial charge in [-0.15, -0.1) is 0 Å². The first-order valence-corrected chi connectivity index (χ1v) is 8.37. The van der Waals surface area contributed by atoms with Crippen molar-refractivity contribution in [3.05, 3.63) is 47.1 Å². The van der Waals surface area contributed by atoms with E-state index in [1.165, 1.54) is 29.5 Å². The van der Waals surface area contributed by atoms with Crippen molar-refractivity contribution in [2.45, 2.75) is 39.0 Å². The van der Waals surface area contributed by atoms with Crippen LogP contribution >= 0.6 is 11.6 Å². The summed E-state index contributed by atoms with van der Waals surface area (Å²) >= 11 is 6.27. The minimum Gasteiger partial charge on any atom is -0.363 e. The molecule has 0 spiro atoms. The van der Waals surface area contributed by atoms with Gasteiger partial charge in [-0.3, -0.25) is 0 Å². The van der Waals surface area contributed by atoms with Crippen LogP contribution in [0.15, 0.2) is 36.5 Å². The Morgan fingerprint density at radius 3 is 2.55 bits per heavy atom. The second kappa shape index (κ2) is 7.64. The predicted octanol–water partition coefficient (Wildman–Crippen LogP) is 5.76. The monoisotopic (exact) mass is 316 g/mol. The predicted molar refractivity (Wildman–Crippen MR) is 97.0 cm³/mol. The molecule has 118 valence electrons. The second-order valence-corrected chi connectivity index (χ2v) is 6.36. The van der Waals surface area contributed by atoms with Crippen molar-refractivity contribution in [3.63, 3.8) is 0 Å². The van der Waals surface area contributed by atoms with Gasteiger partial charge in [0, 0.05) is 25.3 Å². The summed E-state index contributed by atoms with van der Waals surface area (Å²) in [7, 11) is 4.02. The van der Waals surface area contributed by atoms with E-state index >= 15 is 0 Å². The first kappa shape index (κ1) is 16.8. The molecule has 1 atom stereocenters. The highest BCUT2D eigenvalue weighted by atomic mass is 35.5. The number of hydrogen-bond acceptors (Lipinski definition) is 2. The fourth-order valence-corrected chi connectivity index (χ4v) is 3.07. The van der Waals surface area contributed by atoms with Crippen LogP contribution in [-0.2, 0) is 0 Å². The third-order valence-corrected chi connectivity index (χ3v) is 4.33. The van der Waals surface area contributed by atoms with Gasteiger partial charge in [0.05, 0.1) is 0 Å². The Hall–Kier alpha value is -1.54. The van der Waals surface area contributed by atoms with E-state index in [-0.39, 0.29) is 0 Å². The lowest BCUT2D eigenvalue weighted by Gasteiger charge is -2.20. The minimum atomic E-state index is 0.577. The van der Waals surface area contributed by atoms with Crippen molar-refractivity contribution in [1.82, 2.24) is 4.98 Å². The van der Waals surface area contributed by atoms with Crippen LogP contribution in [0, 0.1) is 0 Å². The highest BCUT2D eigenvalue weighted by molar-refractivity contribution is 6.30. The number of aromatic nitrogens is 1. The standard InChI is InChI=1S/C19H25ClN2/c1-5-7-14(6-2)17-9-8-16(20)13-18(17)15-10-11-21-19(12-15)22(3)4/h8-14H,5-7H2,1-4H3. The van der Waals surface area contributed by atoms with Crippen LogP contribution < -0.4 is 4.90 Å². The second-order valence-electron chi connectivity index (χ2n) is 5.92. The van der Waals surface area contributed by atoms with Crippen molar-refractivity contribution in [1.29, 1.82) is 0 Å². The van der Waals surface area contributed by atoms with Crippen LogP contribution in [0.1, 0.15) is 44.6 Å². The molecule has 0 amide bonds. The van der Waals surface area contributed by atoms with E-state index in [9.17, 15) is 0 Å². The van der Waals surface area contributed by atoms with E-state index in [1.54, 1.807) is 0 Å². The maximum atomic E-state index is 6.27. The van der Waals surface area contributed by atoms with Crippen molar-refractivity contribution in [2.75, 3.05) is 19.0 Å². The van der Waals surface area contributed by atoms with Gasteiger partial charge in [-0.05, 0) is 59.7 Å². The molecule has 0 saturated carbocycles. The molecule has 3 heteroatoms. The number of anilines is 1. The Morgan fingerprint density at radius 2 is 1.91 bits per heavy atom. The number of halogens is 1. The van der Waals surface area contributed by atoms with Gasteiger partial charge < -0.3 is 4.90 Å². The van der Waals surface area contributed by atoms with Crippen molar-refractivity contribution in [3.8, 4) is 11.1 Å². The topological polar surface area (TPSA) is 16.1 Å². The van der Waals surface area contributed by atoms with Crippen LogP contribution in [0.3, 0.4) is 0 Å². The number of nitrogens with zero attached hydrogens (tertiary/aromatic N) is 2. The Kier molecular flexibility index (Phi) is 5.84. The average Bonchev–Trinajstić information content (AvgIpc) is 2.53. The van der Waals surface area contributed by atoms with E-state index in [1.807, 2.05) is 31.3 Å². The lowest BCUT2D eigenvalue weighted by Crippen LogP contribution is -2.10. The summed E-state index contributed by atoms with van der Waals surface area (Å²) in [5.41, 5.74) is 3.81. The van der Waals surface area contributed by atoms with Gasteiger partial charge in [-0.2, -0.15) is 0 Å². The van der Waals surface area contributed by atoms with Gasteiger partial charge in [-0.1, -0.05) is 37.9 Å². The van der Waals surface area contributed by atoms with Crippen LogP contribution in [0.4, 0.5) is 5.82 Å². The Bertz CT molecular complexity index is 623. The number of rotatable bonds is 6. The van der Waals surface area contributed by atoms with E-state index in [2.05, 4.69) is 43.1 Å². The zero-order chi connectivity index (χ0) is 16.1. The smallest absolute Gasteiger partial charge is 0.128 e. The Balaban J connectivity index is 2.53. The van der Waals surface area contributed by atoms with Crippen molar-refractivity contribution < 1.29 is 0 Å². The number of hydrogen-bond donors (Lipinski definition) is 0. The van der Waals surface area contributed by atoms with Gasteiger partial charge in [0.15, 0.2) is 0 Å². The molecule has 1 aromatic heterocycles. The summed E-state index contributed by atoms with van der Waals surface area (Å²) in [5.74, 6) is 1.54. The highest BCUT2D eigenvalue weighted by Crippen LogP contribution is 2.36. The Morgan fingerprint density at radius 1 is 1.14 bits per heavy atom. The molecule has 0 fully saturated rings. The lowest BCUT2D eigenvalue weighted by molar-refractivity contribution is 0.597. The van der Waals surface area contributed by atoms with Gasteiger partial charge in [0.25, 0.3) is 0 Å². The van der Waals surface area contributed by atoms with Crippen molar-refractivity contribution >= 4 is 17.4 Å². The summed E-state index contributed by atoms with van der Waals surface area (Å²) in [6.07, 6.45) is 5.42. The Labute approximate surface area is 139 Å². The quantitative estimate of drug-likeness (QED) is 0.673. The SMILES string of the molecule is CCCC(CC)c1ccc(Cl)cc1-c1ccnc(N(C)C)c1. The molecule has 0 aliphatic heterocycles. The molecular weight excluding hydrogens is 292 g/mol. The zero-order valence-electron chi connectivity index (χ0n) is 13.9. The largest absolute Gasteiger partial charge is 0.363 e. The van der Waals surface area contributed by atoms with Gasteiger partial charge >= 0.3 is 0 Å². The summed E-state index contributed by atoms with van der Waals surface area (Å²) < 4.78 is 0. The van der Waals surface area contributed by atoms with Crippen LogP contribution in [0.2, 0.25) is 5.02 Å². The molecule has 1 aromatic carbocycles. The molecule has 2 nitrogen and oxygen atoms in total. The third-order valence-electron chi connectivity index (χ3n) is 4.10. The summed E-state index contributed by atoms with van der Waals surface area (Å²) in [5, 5.41) is 0.785. The zero-order valence-corrected chi connectivity index (χ0v) is 14.7. The fraction of sp³-hybridized carbons (Fsp3) is 0.421. The number of benzene rings is 1. The molecule has 1 heterocycles. The van der Waals surface area contributed by atoms with Gasteiger partial charge in [0.2, 0.25) is 0 Å². The normalized spacial score (nSPS) is 12.2. The molecule has 22 heavy (non-hydrogen) atoms. The fourth-order valence-electron chi connectivity index (χ4n) is 2.89. The molecule has 0 saturated heterocycles. The van der Waals surface area contributed by atoms with E-state index in [0.29, 0.717) is 5.92 Å². The average molecular weight is 317 g/mol. The molecule has 0 aliphatic rings. The van der Waals surface area contributed by atoms with Crippen LogP contribution in [0.25, 0.3) is 11.1 Å². The highest BCUT2D eigenvalue weighted by Gasteiger charge is 2.15. The maximum Gasteiger partial charge on any atom is 0.128 e. The summed E-state index contributed by atoms with van der Waals surface area (Å²) in [6, 6.07) is 10.5.